The number of aryl methyl sites for hydroxylation is 2. The number of carbonyl (C=O) groups excluding carboxylic acids is 1. The van der Waals surface area contributed by atoms with Gasteiger partial charge in [0.15, 0.2) is 0 Å². The third kappa shape index (κ3) is 3.79. The van der Waals surface area contributed by atoms with E-state index in [0.717, 1.165) is 26.3 Å². The number of amides is 1. The lowest BCUT2D eigenvalue weighted by atomic mass is 10.1. The molecular weight excluding hydrogens is 355 g/mol. The highest BCUT2D eigenvalue weighted by atomic mass is 127. The number of anilines is 1. The molecule has 1 amide bonds. The highest BCUT2D eigenvalue weighted by Crippen LogP contribution is 2.16. The van der Waals surface area contributed by atoms with Crippen LogP contribution in [0, 0.1) is 17.4 Å². The maximum Gasteiger partial charge on any atom is 0.224 e. The summed E-state index contributed by atoms with van der Waals surface area (Å²) in [6.07, 6.45) is 1.07. The summed E-state index contributed by atoms with van der Waals surface area (Å²) in [5, 5.41) is 6.77. The molecule has 0 fully saturated rings. The standard InChI is InChI=1S/C14H15IN2O2/c1-9-13(10(2)19-17-9)6-7-14(18)16-12-5-3-4-11(15)8-12/h3-5,8H,6-7H2,1-2H3,(H,16,18). The lowest BCUT2D eigenvalue weighted by molar-refractivity contribution is -0.116. The lowest BCUT2D eigenvalue weighted by Gasteiger charge is -2.05. The van der Waals surface area contributed by atoms with Gasteiger partial charge in [-0.1, -0.05) is 11.2 Å². The van der Waals surface area contributed by atoms with Crippen molar-refractivity contribution >= 4 is 34.2 Å². The summed E-state index contributed by atoms with van der Waals surface area (Å²) in [6, 6.07) is 7.73. The maximum absolute atomic E-state index is 11.9. The molecule has 4 nitrogen and oxygen atoms in total. The van der Waals surface area contributed by atoms with Gasteiger partial charge in [0.1, 0.15) is 5.76 Å². The summed E-state index contributed by atoms with van der Waals surface area (Å²) in [5.41, 5.74) is 2.72. The van der Waals surface area contributed by atoms with Gasteiger partial charge in [-0.05, 0) is 61.1 Å². The van der Waals surface area contributed by atoms with Crippen molar-refractivity contribution in [2.45, 2.75) is 26.7 Å². The quantitative estimate of drug-likeness (QED) is 0.839. The average Bonchev–Trinajstić information content (AvgIpc) is 2.67. The highest BCUT2D eigenvalue weighted by Gasteiger charge is 2.11. The number of aromatic nitrogens is 1. The molecule has 1 N–H and O–H groups in total. The SMILES string of the molecule is Cc1noc(C)c1CCC(=O)Nc1cccc(I)c1. The number of rotatable bonds is 4. The average molecular weight is 370 g/mol. The van der Waals surface area contributed by atoms with Crippen molar-refractivity contribution in [3.05, 3.63) is 44.9 Å². The second kappa shape index (κ2) is 6.18. The largest absolute Gasteiger partial charge is 0.361 e. The Hall–Kier alpha value is -1.37. The van der Waals surface area contributed by atoms with Gasteiger partial charge in [0.25, 0.3) is 0 Å². The molecule has 2 aromatic rings. The monoisotopic (exact) mass is 370 g/mol. The third-order valence-corrected chi connectivity index (χ3v) is 3.56. The van der Waals surface area contributed by atoms with Gasteiger partial charge in [0.2, 0.25) is 5.91 Å². The van der Waals surface area contributed by atoms with E-state index >= 15 is 0 Å². The van der Waals surface area contributed by atoms with Gasteiger partial charge in [-0.15, -0.1) is 0 Å². The van der Waals surface area contributed by atoms with Gasteiger partial charge < -0.3 is 9.84 Å². The number of nitrogens with zero attached hydrogens (tertiary/aromatic N) is 1. The first kappa shape index (κ1) is 14.0. The number of carbonyl (C=O) groups is 1. The second-order valence-corrected chi connectivity index (χ2v) is 5.61. The summed E-state index contributed by atoms with van der Waals surface area (Å²) >= 11 is 2.22. The Balaban J connectivity index is 1.92. The summed E-state index contributed by atoms with van der Waals surface area (Å²) < 4.78 is 6.18. The number of nitrogens with one attached hydrogen (secondary N) is 1. The van der Waals surface area contributed by atoms with Crippen molar-refractivity contribution in [2.24, 2.45) is 0 Å². The van der Waals surface area contributed by atoms with Gasteiger partial charge in [-0.3, -0.25) is 4.79 Å². The molecule has 1 aromatic carbocycles. The van der Waals surface area contributed by atoms with Crippen molar-refractivity contribution in [3.63, 3.8) is 0 Å². The molecule has 0 aliphatic rings. The van der Waals surface area contributed by atoms with E-state index < -0.39 is 0 Å². The highest BCUT2D eigenvalue weighted by molar-refractivity contribution is 14.1. The van der Waals surface area contributed by atoms with Gasteiger partial charge in [-0.2, -0.15) is 0 Å². The van der Waals surface area contributed by atoms with Crippen molar-refractivity contribution < 1.29 is 9.32 Å². The first-order valence-electron chi connectivity index (χ1n) is 6.03. The molecule has 0 aliphatic heterocycles. The van der Waals surface area contributed by atoms with Crippen LogP contribution in [0.15, 0.2) is 28.8 Å². The summed E-state index contributed by atoms with van der Waals surface area (Å²) in [5.74, 6) is 0.793. The van der Waals surface area contributed by atoms with Crippen molar-refractivity contribution in [2.75, 3.05) is 5.32 Å². The molecule has 0 atom stereocenters. The first-order valence-corrected chi connectivity index (χ1v) is 7.11. The molecule has 0 radical (unpaired) electrons. The number of benzene rings is 1. The predicted octanol–water partition coefficient (Wildman–Crippen LogP) is 3.47. The number of hydrogen-bond donors (Lipinski definition) is 1. The number of hydrogen-bond acceptors (Lipinski definition) is 3. The van der Waals surface area contributed by atoms with E-state index in [1.54, 1.807) is 0 Å². The summed E-state index contributed by atoms with van der Waals surface area (Å²) in [6.45, 7) is 3.76. The zero-order chi connectivity index (χ0) is 13.8. The summed E-state index contributed by atoms with van der Waals surface area (Å²) in [4.78, 5) is 11.9. The molecule has 2 rings (SSSR count). The predicted molar refractivity (Wildman–Crippen MR) is 82.1 cm³/mol. The molecule has 0 spiro atoms. The molecule has 1 heterocycles. The van der Waals surface area contributed by atoms with E-state index in [4.69, 9.17) is 4.52 Å². The fourth-order valence-electron chi connectivity index (χ4n) is 1.89. The van der Waals surface area contributed by atoms with Crippen LogP contribution in [0.25, 0.3) is 0 Å². The normalized spacial score (nSPS) is 10.5. The molecule has 19 heavy (non-hydrogen) atoms. The Bertz CT molecular complexity index is 573. The second-order valence-electron chi connectivity index (χ2n) is 4.36. The minimum Gasteiger partial charge on any atom is -0.361 e. The van der Waals surface area contributed by atoms with Gasteiger partial charge in [-0.25, -0.2) is 0 Å². The van der Waals surface area contributed by atoms with Gasteiger partial charge in [0.05, 0.1) is 5.69 Å². The summed E-state index contributed by atoms with van der Waals surface area (Å²) in [7, 11) is 0. The molecule has 0 saturated carbocycles. The van der Waals surface area contributed by atoms with Crippen LogP contribution < -0.4 is 5.32 Å². The molecule has 0 saturated heterocycles. The first-order chi connectivity index (χ1) is 9.06. The Morgan fingerprint density at radius 3 is 2.84 bits per heavy atom. The van der Waals surface area contributed by atoms with Crippen molar-refractivity contribution in [3.8, 4) is 0 Å². The number of halogens is 1. The van der Waals surface area contributed by atoms with Crippen LogP contribution in [0.4, 0.5) is 5.69 Å². The van der Waals surface area contributed by atoms with E-state index in [-0.39, 0.29) is 5.91 Å². The Morgan fingerprint density at radius 1 is 1.42 bits per heavy atom. The Labute approximate surface area is 125 Å². The minimum absolute atomic E-state index is 0.00185. The lowest BCUT2D eigenvalue weighted by Crippen LogP contribution is -2.12. The van der Waals surface area contributed by atoms with Gasteiger partial charge >= 0.3 is 0 Å². The van der Waals surface area contributed by atoms with Crippen molar-refractivity contribution in [1.29, 1.82) is 0 Å². The fourth-order valence-corrected chi connectivity index (χ4v) is 2.43. The minimum atomic E-state index is 0.00185. The van der Waals surface area contributed by atoms with Crippen LogP contribution in [-0.2, 0) is 11.2 Å². The molecule has 100 valence electrons. The maximum atomic E-state index is 11.9. The molecule has 0 unspecified atom stereocenters. The molecule has 1 aromatic heterocycles. The Morgan fingerprint density at radius 2 is 2.21 bits per heavy atom. The topological polar surface area (TPSA) is 55.1 Å². The van der Waals surface area contributed by atoms with E-state index in [2.05, 4.69) is 33.1 Å². The van der Waals surface area contributed by atoms with E-state index in [0.29, 0.717) is 12.8 Å². The van der Waals surface area contributed by atoms with Crippen LogP contribution >= 0.6 is 22.6 Å². The molecular formula is C14H15IN2O2. The van der Waals surface area contributed by atoms with Gasteiger partial charge in [0, 0.05) is 21.2 Å². The van der Waals surface area contributed by atoms with Crippen LogP contribution in [0.2, 0.25) is 0 Å². The fraction of sp³-hybridized carbons (Fsp3) is 0.286. The Kier molecular flexibility index (Phi) is 4.57. The smallest absolute Gasteiger partial charge is 0.224 e. The van der Waals surface area contributed by atoms with E-state index in [9.17, 15) is 4.79 Å². The van der Waals surface area contributed by atoms with Crippen LogP contribution in [-0.4, -0.2) is 11.1 Å². The third-order valence-electron chi connectivity index (χ3n) is 2.89. The zero-order valence-electron chi connectivity index (χ0n) is 10.9. The molecule has 0 bridgehead atoms. The van der Waals surface area contributed by atoms with Crippen LogP contribution in [0.3, 0.4) is 0 Å². The van der Waals surface area contributed by atoms with E-state index in [1.165, 1.54) is 0 Å². The van der Waals surface area contributed by atoms with Crippen LogP contribution in [0.1, 0.15) is 23.4 Å². The zero-order valence-corrected chi connectivity index (χ0v) is 13.0. The van der Waals surface area contributed by atoms with Crippen LogP contribution in [0.5, 0.6) is 0 Å². The molecule has 5 heteroatoms. The van der Waals surface area contributed by atoms with E-state index in [1.807, 2.05) is 38.1 Å². The molecule has 0 aliphatic carbocycles. The van der Waals surface area contributed by atoms with Crippen molar-refractivity contribution in [1.82, 2.24) is 5.16 Å².